The molecule has 0 aliphatic heterocycles. The summed E-state index contributed by atoms with van der Waals surface area (Å²) in [5, 5.41) is 3.17. The lowest BCUT2D eigenvalue weighted by Crippen LogP contribution is -2.44. The Hall–Kier alpha value is -1.57. The molecule has 2 aromatic heterocycles. The monoisotopic (exact) mass is 538 g/mol. The highest BCUT2D eigenvalue weighted by atomic mass is 79.9. The van der Waals surface area contributed by atoms with E-state index < -0.39 is 16.5 Å². The quantitative estimate of drug-likeness (QED) is 0.229. The molecule has 2 nitrogen and oxygen atoms in total. The zero-order valence-corrected chi connectivity index (χ0v) is 25.6. The highest BCUT2D eigenvalue weighted by Crippen LogP contribution is 2.44. The standard InChI is InChI=1S/C28H39BrN2Si2/c1-27(2,3)32(7,8)30-18-23(21-13-11-12-14-25(21)30)20-15-16-22-24(29)19-31(26(22)17-20)33(9,10)28(4,5)6/h11-19H,1-10H3. The van der Waals surface area contributed by atoms with Gasteiger partial charge in [0.25, 0.3) is 0 Å². The van der Waals surface area contributed by atoms with Gasteiger partial charge in [-0.2, -0.15) is 0 Å². The lowest BCUT2D eigenvalue weighted by atomic mass is 10.0. The summed E-state index contributed by atoms with van der Waals surface area (Å²) in [6, 6.07) is 16.0. The smallest absolute Gasteiger partial charge is 0.161 e. The fourth-order valence-electron chi connectivity index (χ4n) is 4.41. The molecule has 2 heterocycles. The molecular weight excluding hydrogens is 500 g/mol. The first-order chi connectivity index (χ1) is 15.1. The molecule has 0 unspecified atom stereocenters. The third kappa shape index (κ3) is 3.80. The minimum Gasteiger partial charge on any atom is -0.373 e. The minimum absolute atomic E-state index is 0.257. The van der Waals surface area contributed by atoms with Crippen molar-refractivity contribution >= 4 is 54.2 Å². The first kappa shape index (κ1) is 24.6. The molecule has 0 amide bonds. The van der Waals surface area contributed by atoms with Gasteiger partial charge in [0.2, 0.25) is 0 Å². The maximum Gasteiger partial charge on any atom is 0.161 e. The van der Waals surface area contributed by atoms with E-state index in [0.717, 1.165) is 0 Å². The summed E-state index contributed by atoms with van der Waals surface area (Å²) in [7, 11) is -3.53. The lowest BCUT2D eigenvalue weighted by Gasteiger charge is -2.38. The third-order valence-corrected chi connectivity index (χ3v) is 19.8. The van der Waals surface area contributed by atoms with Gasteiger partial charge in [-0.1, -0.05) is 98.1 Å². The maximum absolute atomic E-state index is 3.85. The second-order valence-corrected chi connectivity index (χ2v) is 23.7. The summed E-state index contributed by atoms with van der Waals surface area (Å²) in [6.07, 6.45) is 4.77. The normalized spacial score (nSPS) is 13.9. The average Bonchev–Trinajstić information content (AvgIpc) is 3.25. The predicted molar refractivity (Wildman–Crippen MR) is 156 cm³/mol. The van der Waals surface area contributed by atoms with Gasteiger partial charge in [0, 0.05) is 44.2 Å². The van der Waals surface area contributed by atoms with Crippen molar-refractivity contribution in [3.05, 3.63) is 59.3 Å². The average molecular weight is 540 g/mol. The molecule has 176 valence electrons. The third-order valence-electron chi connectivity index (χ3n) is 8.66. The van der Waals surface area contributed by atoms with E-state index in [0.29, 0.717) is 0 Å². The molecule has 0 saturated carbocycles. The van der Waals surface area contributed by atoms with Crippen molar-refractivity contribution in [2.75, 3.05) is 0 Å². The first-order valence-electron chi connectivity index (χ1n) is 12.0. The SMILES string of the molecule is CC(C)(C)[Si](C)(C)n1cc(Br)c2ccc(-c3cn([Si](C)(C)C(C)(C)C)c4ccccc34)cc21. The molecule has 2 aromatic carbocycles. The van der Waals surface area contributed by atoms with E-state index in [1.165, 1.54) is 37.4 Å². The summed E-state index contributed by atoms with van der Waals surface area (Å²) in [5.41, 5.74) is 5.36. The van der Waals surface area contributed by atoms with Crippen molar-refractivity contribution in [3.8, 4) is 11.1 Å². The lowest BCUT2D eigenvalue weighted by molar-refractivity contribution is 0.703. The van der Waals surface area contributed by atoms with E-state index in [1.54, 1.807) is 0 Å². The van der Waals surface area contributed by atoms with Gasteiger partial charge < -0.3 is 8.47 Å². The number of rotatable bonds is 3. The summed E-state index contributed by atoms with van der Waals surface area (Å²) in [4.78, 5) is 0. The summed E-state index contributed by atoms with van der Waals surface area (Å²) >= 11 is 3.85. The minimum atomic E-state index is -1.76. The molecule has 5 heteroatoms. The van der Waals surface area contributed by atoms with Crippen LogP contribution in [0.2, 0.25) is 36.3 Å². The molecule has 0 N–H and O–H groups in total. The maximum atomic E-state index is 3.85. The molecule has 0 bridgehead atoms. The first-order valence-corrected chi connectivity index (χ1v) is 18.7. The van der Waals surface area contributed by atoms with Crippen LogP contribution in [0.1, 0.15) is 41.5 Å². The van der Waals surface area contributed by atoms with Crippen molar-refractivity contribution < 1.29 is 0 Å². The van der Waals surface area contributed by atoms with Gasteiger partial charge in [-0.25, -0.2) is 0 Å². The number of hydrogen-bond acceptors (Lipinski definition) is 0. The molecule has 4 aromatic rings. The van der Waals surface area contributed by atoms with Crippen molar-refractivity contribution in [1.29, 1.82) is 0 Å². The van der Waals surface area contributed by atoms with E-state index >= 15 is 0 Å². The molecule has 0 radical (unpaired) electrons. The molecule has 0 atom stereocenters. The second-order valence-electron chi connectivity index (χ2n) is 12.6. The molecule has 0 spiro atoms. The number of benzene rings is 2. The number of fused-ring (bicyclic) bond motifs is 2. The van der Waals surface area contributed by atoms with Gasteiger partial charge in [0.05, 0.1) is 0 Å². The van der Waals surface area contributed by atoms with Crippen molar-refractivity contribution in [2.45, 2.75) is 77.8 Å². The van der Waals surface area contributed by atoms with E-state index in [9.17, 15) is 0 Å². The van der Waals surface area contributed by atoms with Crippen LogP contribution in [0.15, 0.2) is 59.3 Å². The van der Waals surface area contributed by atoms with Crippen molar-refractivity contribution in [3.63, 3.8) is 0 Å². The van der Waals surface area contributed by atoms with Crippen LogP contribution in [0.4, 0.5) is 0 Å². The highest BCUT2D eigenvalue weighted by Gasteiger charge is 2.40. The van der Waals surface area contributed by atoms with Crippen LogP contribution in [0.5, 0.6) is 0 Å². The van der Waals surface area contributed by atoms with Crippen LogP contribution in [-0.4, -0.2) is 24.9 Å². The van der Waals surface area contributed by atoms with E-state index in [1.807, 2.05) is 0 Å². The molecule has 4 rings (SSSR count). The Balaban J connectivity index is 2.00. The second kappa shape index (κ2) is 7.72. The molecule has 0 fully saturated rings. The number of hydrogen-bond donors (Lipinski definition) is 0. The van der Waals surface area contributed by atoms with Crippen molar-refractivity contribution in [1.82, 2.24) is 8.47 Å². The Morgan fingerprint density at radius 2 is 1.21 bits per heavy atom. The predicted octanol–water partition coefficient (Wildman–Crippen LogP) is 9.73. The van der Waals surface area contributed by atoms with Crippen LogP contribution in [0.25, 0.3) is 32.9 Å². The van der Waals surface area contributed by atoms with Gasteiger partial charge in [0.1, 0.15) is 0 Å². The van der Waals surface area contributed by atoms with Gasteiger partial charge in [0.15, 0.2) is 16.5 Å². The Bertz CT molecular complexity index is 1340. The van der Waals surface area contributed by atoms with Crippen LogP contribution in [-0.2, 0) is 0 Å². The molecule has 0 aliphatic carbocycles. The Labute approximate surface area is 210 Å². The highest BCUT2D eigenvalue weighted by molar-refractivity contribution is 9.10. The fourth-order valence-corrected chi connectivity index (χ4v) is 9.07. The Morgan fingerprint density at radius 3 is 1.79 bits per heavy atom. The molecule has 0 saturated heterocycles. The number of halogens is 1. The molecule has 0 aliphatic rings. The number of aromatic nitrogens is 2. The van der Waals surface area contributed by atoms with Crippen LogP contribution in [0.3, 0.4) is 0 Å². The van der Waals surface area contributed by atoms with Gasteiger partial charge in [-0.05, 0) is 43.7 Å². The van der Waals surface area contributed by atoms with Gasteiger partial charge >= 0.3 is 0 Å². The van der Waals surface area contributed by atoms with Crippen molar-refractivity contribution in [2.24, 2.45) is 0 Å². The molecule has 33 heavy (non-hydrogen) atoms. The Morgan fingerprint density at radius 1 is 0.667 bits per heavy atom. The Kier molecular flexibility index (Phi) is 5.75. The number of nitrogens with zero attached hydrogens (tertiary/aromatic N) is 2. The van der Waals surface area contributed by atoms with E-state index in [4.69, 9.17) is 0 Å². The van der Waals surface area contributed by atoms with Crippen LogP contribution < -0.4 is 0 Å². The topological polar surface area (TPSA) is 9.86 Å². The zero-order valence-electron chi connectivity index (χ0n) is 22.0. The summed E-state index contributed by atoms with van der Waals surface area (Å²) in [6.45, 7) is 24.3. The van der Waals surface area contributed by atoms with Gasteiger partial charge in [-0.3, -0.25) is 0 Å². The van der Waals surface area contributed by atoms with Crippen LogP contribution in [0, 0.1) is 0 Å². The van der Waals surface area contributed by atoms with E-state index in [2.05, 4.69) is 147 Å². The summed E-state index contributed by atoms with van der Waals surface area (Å²) < 4.78 is 6.42. The van der Waals surface area contributed by atoms with Crippen LogP contribution >= 0.6 is 15.9 Å². The van der Waals surface area contributed by atoms with Gasteiger partial charge in [-0.15, -0.1) is 0 Å². The zero-order chi connectivity index (χ0) is 24.6. The van der Waals surface area contributed by atoms with E-state index in [-0.39, 0.29) is 10.1 Å². The summed E-state index contributed by atoms with van der Waals surface area (Å²) in [5.74, 6) is 0. The number of para-hydroxylation sites is 1. The largest absolute Gasteiger partial charge is 0.373 e. The fraction of sp³-hybridized carbons (Fsp3) is 0.429. The molecular formula is C28H39BrN2Si2.